The summed E-state index contributed by atoms with van der Waals surface area (Å²) < 4.78 is 0. The van der Waals surface area contributed by atoms with Crippen LogP contribution in [0.4, 0.5) is 0 Å². The quantitative estimate of drug-likeness (QED) is 0.650. The molecule has 3 atom stereocenters. The summed E-state index contributed by atoms with van der Waals surface area (Å²) in [7, 11) is 0. The predicted molar refractivity (Wildman–Crippen MR) is 123 cm³/mol. The number of nitrogens with two attached hydrogens (primary N) is 1. The number of para-hydroxylation sites is 1. The summed E-state index contributed by atoms with van der Waals surface area (Å²) in [5, 5.41) is 8.96. The van der Waals surface area contributed by atoms with Gasteiger partial charge in [0.05, 0.1) is 11.4 Å². The Labute approximate surface area is 188 Å². The molecule has 1 amide bonds. The number of hydrogen-bond donors (Lipinski definition) is 1. The molecule has 2 aromatic carbocycles. The van der Waals surface area contributed by atoms with Crippen LogP contribution in [-0.4, -0.2) is 63.4 Å². The van der Waals surface area contributed by atoms with E-state index < -0.39 is 0 Å². The van der Waals surface area contributed by atoms with Crippen molar-refractivity contribution in [3.8, 4) is 5.69 Å². The molecule has 3 aromatic rings. The first-order valence-corrected chi connectivity index (χ1v) is 11.4. The van der Waals surface area contributed by atoms with Gasteiger partial charge in [-0.2, -0.15) is 9.90 Å². The molecule has 32 heavy (non-hydrogen) atoms. The van der Waals surface area contributed by atoms with Crippen molar-refractivity contribution in [2.45, 2.75) is 19.4 Å². The van der Waals surface area contributed by atoms with Crippen molar-refractivity contribution in [2.24, 2.45) is 17.6 Å². The fourth-order valence-corrected chi connectivity index (χ4v) is 5.03. The topological polar surface area (TPSA) is 80.3 Å². The maximum absolute atomic E-state index is 13.2. The molecule has 2 unspecified atom stereocenters. The van der Waals surface area contributed by atoms with Gasteiger partial charge in [0.2, 0.25) is 0 Å². The molecule has 0 bridgehead atoms. The average Bonchev–Trinajstić information content (AvgIpc) is 3.51. The molecular formula is C25H30N6O. The van der Waals surface area contributed by atoms with E-state index in [1.165, 1.54) is 5.56 Å². The van der Waals surface area contributed by atoms with Crippen molar-refractivity contribution in [2.75, 3.05) is 32.7 Å². The fraction of sp³-hybridized carbons (Fsp3) is 0.400. The number of aryl methyl sites for hydroxylation is 1. The van der Waals surface area contributed by atoms with Crippen molar-refractivity contribution in [3.63, 3.8) is 0 Å². The Morgan fingerprint density at radius 2 is 1.59 bits per heavy atom. The highest BCUT2D eigenvalue weighted by atomic mass is 16.2. The second kappa shape index (κ2) is 8.84. The van der Waals surface area contributed by atoms with Crippen molar-refractivity contribution in [1.29, 1.82) is 0 Å². The summed E-state index contributed by atoms with van der Waals surface area (Å²) in [6.45, 7) is 6.51. The molecule has 0 spiro atoms. The van der Waals surface area contributed by atoms with Crippen LogP contribution < -0.4 is 5.73 Å². The van der Waals surface area contributed by atoms with Gasteiger partial charge in [0, 0.05) is 32.2 Å². The summed E-state index contributed by atoms with van der Waals surface area (Å²) >= 11 is 0. The van der Waals surface area contributed by atoms with E-state index in [1.807, 2.05) is 60.4 Å². The van der Waals surface area contributed by atoms with Crippen LogP contribution in [0.3, 0.4) is 0 Å². The molecule has 2 N–H and O–H groups in total. The van der Waals surface area contributed by atoms with Crippen molar-refractivity contribution >= 4 is 5.91 Å². The van der Waals surface area contributed by atoms with Gasteiger partial charge in [-0.25, -0.2) is 0 Å². The average molecular weight is 431 g/mol. The number of aromatic nitrogens is 3. The first kappa shape index (κ1) is 20.8. The Hall–Kier alpha value is -3.03. The Balaban J connectivity index is 1.16. The molecule has 5 rings (SSSR count). The number of carbonyl (C=O) groups is 1. The van der Waals surface area contributed by atoms with E-state index >= 15 is 0 Å². The molecule has 0 aliphatic carbocycles. The summed E-state index contributed by atoms with van der Waals surface area (Å²) in [6, 6.07) is 20.1. The second-order valence-electron chi connectivity index (χ2n) is 9.05. The third-order valence-corrected chi connectivity index (χ3v) is 6.80. The van der Waals surface area contributed by atoms with Crippen molar-refractivity contribution < 1.29 is 4.79 Å². The summed E-state index contributed by atoms with van der Waals surface area (Å²) in [5.41, 5.74) is 9.57. The maximum Gasteiger partial charge on any atom is 0.276 e. The molecule has 2 aliphatic rings. The first-order chi connectivity index (χ1) is 15.6. The Kier molecular flexibility index (Phi) is 5.76. The highest BCUT2D eigenvalue weighted by molar-refractivity contribution is 5.93. The van der Waals surface area contributed by atoms with Gasteiger partial charge in [-0.3, -0.25) is 4.79 Å². The Morgan fingerprint density at radius 3 is 2.25 bits per heavy atom. The zero-order chi connectivity index (χ0) is 22.1. The van der Waals surface area contributed by atoms with Gasteiger partial charge >= 0.3 is 0 Å². The first-order valence-electron chi connectivity index (χ1n) is 11.4. The standard InChI is InChI=1S/C25H30N6O/c1-18-24(28-31(27-18)22-10-6-3-7-11-22)25(32)30-16-20-14-29(15-21(20)17-30)13-12-23(26)19-8-4-2-5-9-19/h2-11,20-21,23H,12-17,26H2,1H3/t20?,21?,23-/m0/s1. The molecule has 7 nitrogen and oxygen atoms in total. The minimum atomic E-state index is -0.00303. The molecular weight excluding hydrogens is 400 g/mol. The van der Waals surface area contributed by atoms with E-state index in [1.54, 1.807) is 4.80 Å². The third kappa shape index (κ3) is 4.18. The number of nitrogens with zero attached hydrogens (tertiary/aromatic N) is 5. The number of amides is 1. The molecule has 166 valence electrons. The predicted octanol–water partition coefficient (Wildman–Crippen LogP) is 2.67. The number of rotatable bonds is 6. The lowest BCUT2D eigenvalue weighted by Gasteiger charge is -2.22. The minimum absolute atomic E-state index is 0.00303. The molecule has 0 radical (unpaired) electrons. The lowest BCUT2D eigenvalue weighted by molar-refractivity contribution is 0.0767. The van der Waals surface area contributed by atoms with Gasteiger partial charge < -0.3 is 15.5 Å². The smallest absolute Gasteiger partial charge is 0.276 e. The lowest BCUT2D eigenvalue weighted by atomic mass is 10.0. The van der Waals surface area contributed by atoms with Gasteiger partial charge in [0.25, 0.3) is 5.91 Å². The van der Waals surface area contributed by atoms with Gasteiger partial charge in [-0.15, -0.1) is 5.10 Å². The molecule has 2 saturated heterocycles. The summed E-state index contributed by atoms with van der Waals surface area (Å²) in [4.78, 5) is 19.2. The van der Waals surface area contributed by atoms with Crippen LogP contribution in [0, 0.1) is 18.8 Å². The largest absolute Gasteiger partial charge is 0.337 e. The monoisotopic (exact) mass is 430 g/mol. The molecule has 3 heterocycles. The zero-order valence-corrected chi connectivity index (χ0v) is 18.5. The maximum atomic E-state index is 13.2. The fourth-order valence-electron chi connectivity index (χ4n) is 5.03. The van der Waals surface area contributed by atoms with Gasteiger partial charge in [-0.1, -0.05) is 48.5 Å². The minimum Gasteiger partial charge on any atom is -0.337 e. The molecule has 7 heteroatoms. The van der Waals surface area contributed by atoms with E-state index in [2.05, 4.69) is 27.2 Å². The lowest BCUT2D eigenvalue weighted by Crippen LogP contribution is -2.34. The Bertz CT molecular complexity index is 1050. The van der Waals surface area contributed by atoms with Crippen LogP contribution >= 0.6 is 0 Å². The normalized spacial score (nSPS) is 21.6. The number of fused-ring (bicyclic) bond motifs is 1. The zero-order valence-electron chi connectivity index (χ0n) is 18.5. The number of carbonyl (C=O) groups excluding carboxylic acids is 1. The summed E-state index contributed by atoms with van der Waals surface area (Å²) in [6.07, 6.45) is 0.952. The van der Waals surface area contributed by atoms with Gasteiger partial charge in [-0.05, 0) is 49.4 Å². The van der Waals surface area contributed by atoms with Crippen LogP contribution in [0.2, 0.25) is 0 Å². The molecule has 1 aromatic heterocycles. The van der Waals surface area contributed by atoms with Crippen LogP contribution in [0.25, 0.3) is 5.69 Å². The van der Waals surface area contributed by atoms with Crippen LogP contribution in [0.1, 0.15) is 34.2 Å². The summed E-state index contributed by atoms with van der Waals surface area (Å²) in [5.74, 6) is 1.05. The van der Waals surface area contributed by atoms with Crippen molar-refractivity contribution in [3.05, 3.63) is 77.6 Å². The number of likely N-dealkylation sites (tertiary alicyclic amines) is 2. The van der Waals surface area contributed by atoms with Gasteiger partial charge in [0.15, 0.2) is 5.69 Å². The Morgan fingerprint density at radius 1 is 0.969 bits per heavy atom. The van der Waals surface area contributed by atoms with Gasteiger partial charge in [0.1, 0.15) is 0 Å². The van der Waals surface area contributed by atoms with E-state index in [0.29, 0.717) is 23.2 Å². The SMILES string of the molecule is Cc1nn(-c2ccccc2)nc1C(=O)N1CC2CN(CC[C@H](N)c3ccccc3)CC2C1. The molecule has 2 aliphatic heterocycles. The highest BCUT2D eigenvalue weighted by Gasteiger charge is 2.42. The van der Waals surface area contributed by atoms with E-state index in [4.69, 9.17) is 5.73 Å². The highest BCUT2D eigenvalue weighted by Crippen LogP contribution is 2.32. The second-order valence-corrected chi connectivity index (χ2v) is 9.05. The van der Waals surface area contributed by atoms with E-state index in [9.17, 15) is 4.79 Å². The third-order valence-electron chi connectivity index (χ3n) is 6.80. The van der Waals surface area contributed by atoms with Crippen molar-refractivity contribution in [1.82, 2.24) is 24.8 Å². The van der Waals surface area contributed by atoms with Crippen LogP contribution in [0.15, 0.2) is 60.7 Å². The van der Waals surface area contributed by atoms with Crippen LogP contribution in [0.5, 0.6) is 0 Å². The number of hydrogen-bond acceptors (Lipinski definition) is 5. The number of benzene rings is 2. The molecule has 0 saturated carbocycles. The van der Waals surface area contributed by atoms with Crippen LogP contribution in [-0.2, 0) is 0 Å². The molecule has 2 fully saturated rings. The van der Waals surface area contributed by atoms with E-state index in [0.717, 1.165) is 44.8 Å². The van der Waals surface area contributed by atoms with E-state index in [-0.39, 0.29) is 11.9 Å².